The van der Waals surface area contributed by atoms with E-state index in [2.05, 4.69) is 63.8 Å². The van der Waals surface area contributed by atoms with Gasteiger partial charge in [-0.05, 0) is 32.3 Å². The van der Waals surface area contributed by atoms with Crippen LogP contribution in [0, 0.1) is 6.92 Å². The summed E-state index contributed by atoms with van der Waals surface area (Å²) in [6, 6.07) is 10.8. The number of imidazole rings is 1. The molecule has 1 aromatic carbocycles. The predicted molar refractivity (Wildman–Crippen MR) is 143 cm³/mol. The maximum Gasteiger partial charge on any atom is 0.164 e. The summed E-state index contributed by atoms with van der Waals surface area (Å²) in [5.41, 5.74) is 7.43. The fraction of sp³-hybridized carbons (Fsp3) is 0.407. The van der Waals surface area contributed by atoms with Crippen LogP contribution in [0.4, 0.5) is 11.5 Å². The third-order valence-corrected chi connectivity index (χ3v) is 6.94. The molecule has 9 nitrogen and oxygen atoms in total. The topological polar surface area (TPSA) is 76.6 Å². The van der Waals surface area contributed by atoms with Crippen LogP contribution in [0.25, 0.3) is 22.6 Å². The number of fused-ring (bicyclic) bond motifs is 1. The van der Waals surface area contributed by atoms with Gasteiger partial charge in [-0.2, -0.15) is 10.2 Å². The third-order valence-electron chi connectivity index (χ3n) is 6.94. The standard InChI is InChI=1S/C27H32N8O/c1-4-34-26(21-17-28-32(3)18-21)30-25-23(33-11-13-36-14-12-33)16-24(29-27(25)34)35-10-6-9-22(31-35)20-8-5-7-19(2)15-20/h5,7-8,15-18H,4,6,9-14H2,1-3H3. The highest BCUT2D eigenvalue weighted by Crippen LogP contribution is 2.34. The van der Waals surface area contributed by atoms with Crippen molar-refractivity contribution < 1.29 is 4.74 Å². The third kappa shape index (κ3) is 4.13. The Morgan fingerprint density at radius 3 is 2.64 bits per heavy atom. The summed E-state index contributed by atoms with van der Waals surface area (Å²) in [7, 11) is 1.93. The molecule has 0 radical (unpaired) electrons. The fourth-order valence-electron chi connectivity index (χ4n) is 5.13. The molecule has 2 aliphatic rings. The van der Waals surface area contributed by atoms with Gasteiger partial charge in [-0.25, -0.2) is 15.0 Å². The molecule has 0 spiro atoms. The second-order valence-electron chi connectivity index (χ2n) is 9.50. The van der Waals surface area contributed by atoms with Gasteiger partial charge in [0.2, 0.25) is 0 Å². The van der Waals surface area contributed by atoms with Gasteiger partial charge < -0.3 is 14.2 Å². The molecule has 3 aromatic heterocycles. The molecule has 186 valence electrons. The Labute approximate surface area is 211 Å². The van der Waals surface area contributed by atoms with Gasteiger partial charge in [0.25, 0.3) is 0 Å². The first kappa shape index (κ1) is 22.7. The van der Waals surface area contributed by atoms with Gasteiger partial charge in [-0.15, -0.1) is 0 Å². The minimum Gasteiger partial charge on any atom is -0.378 e. The molecule has 0 amide bonds. The van der Waals surface area contributed by atoms with Crippen molar-refractivity contribution in [2.45, 2.75) is 33.2 Å². The quantitative estimate of drug-likeness (QED) is 0.426. The van der Waals surface area contributed by atoms with Crippen molar-refractivity contribution in [2.24, 2.45) is 12.1 Å². The molecule has 5 heterocycles. The van der Waals surface area contributed by atoms with Crippen molar-refractivity contribution in [1.82, 2.24) is 24.3 Å². The van der Waals surface area contributed by atoms with Crippen LogP contribution in [0.1, 0.15) is 30.9 Å². The Kier molecular flexibility index (Phi) is 5.92. The maximum absolute atomic E-state index is 5.65. The molecule has 4 aromatic rings. The number of pyridine rings is 1. The van der Waals surface area contributed by atoms with Gasteiger partial charge in [0.15, 0.2) is 11.5 Å². The molecule has 0 N–H and O–H groups in total. The zero-order valence-corrected chi connectivity index (χ0v) is 21.2. The summed E-state index contributed by atoms with van der Waals surface area (Å²) in [6.07, 6.45) is 5.88. The lowest BCUT2D eigenvalue weighted by atomic mass is 10.0. The van der Waals surface area contributed by atoms with E-state index in [1.807, 2.05) is 24.1 Å². The highest BCUT2D eigenvalue weighted by molar-refractivity contribution is 6.01. The van der Waals surface area contributed by atoms with Crippen LogP contribution >= 0.6 is 0 Å². The number of nitrogens with zero attached hydrogens (tertiary/aromatic N) is 8. The monoisotopic (exact) mass is 484 g/mol. The van der Waals surface area contributed by atoms with E-state index in [-0.39, 0.29) is 0 Å². The SMILES string of the molecule is CCn1c(-c2cnn(C)c2)nc2c(N3CCOCC3)cc(N3CCCC(c4cccc(C)c4)=N3)nc21. The summed E-state index contributed by atoms with van der Waals surface area (Å²) in [5, 5.41) is 11.5. The van der Waals surface area contributed by atoms with Gasteiger partial charge in [-0.1, -0.05) is 29.8 Å². The molecule has 36 heavy (non-hydrogen) atoms. The number of aromatic nitrogens is 5. The van der Waals surface area contributed by atoms with E-state index in [1.54, 1.807) is 0 Å². The minimum atomic E-state index is 0.711. The van der Waals surface area contributed by atoms with Crippen molar-refractivity contribution in [2.75, 3.05) is 42.8 Å². The number of morpholine rings is 1. The Morgan fingerprint density at radius 1 is 1.03 bits per heavy atom. The fourth-order valence-corrected chi connectivity index (χ4v) is 5.13. The first-order valence-electron chi connectivity index (χ1n) is 12.8. The van der Waals surface area contributed by atoms with Crippen molar-refractivity contribution >= 4 is 28.4 Å². The maximum atomic E-state index is 5.65. The smallest absolute Gasteiger partial charge is 0.164 e. The Hall–Kier alpha value is -3.72. The lowest BCUT2D eigenvalue weighted by Gasteiger charge is -2.30. The van der Waals surface area contributed by atoms with Gasteiger partial charge in [0.05, 0.1) is 36.4 Å². The number of rotatable bonds is 5. The second-order valence-corrected chi connectivity index (χ2v) is 9.50. The highest BCUT2D eigenvalue weighted by Gasteiger charge is 2.25. The van der Waals surface area contributed by atoms with Crippen LogP contribution in [-0.4, -0.2) is 62.9 Å². The van der Waals surface area contributed by atoms with Crippen LogP contribution in [0.3, 0.4) is 0 Å². The predicted octanol–water partition coefficient (Wildman–Crippen LogP) is 4.00. The van der Waals surface area contributed by atoms with Crippen LogP contribution in [0.15, 0.2) is 47.8 Å². The van der Waals surface area contributed by atoms with Crippen LogP contribution in [0.2, 0.25) is 0 Å². The average Bonchev–Trinajstić information content (AvgIpc) is 3.51. The Balaban J connectivity index is 1.50. The minimum absolute atomic E-state index is 0.711. The molecule has 1 fully saturated rings. The summed E-state index contributed by atoms with van der Waals surface area (Å²) < 4.78 is 9.65. The number of hydrogen-bond donors (Lipinski definition) is 0. The van der Waals surface area contributed by atoms with Crippen molar-refractivity contribution in [3.63, 3.8) is 0 Å². The molecule has 0 bridgehead atoms. The summed E-state index contributed by atoms with van der Waals surface area (Å²) in [6.45, 7) is 8.95. The zero-order valence-electron chi connectivity index (χ0n) is 21.2. The molecule has 0 saturated carbocycles. The normalized spacial score (nSPS) is 16.6. The molecule has 0 atom stereocenters. The first-order chi connectivity index (χ1) is 17.6. The Morgan fingerprint density at radius 2 is 1.89 bits per heavy atom. The Bertz CT molecular complexity index is 1430. The van der Waals surface area contributed by atoms with E-state index in [0.29, 0.717) is 13.2 Å². The summed E-state index contributed by atoms with van der Waals surface area (Å²) in [4.78, 5) is 12.6. The van der Waals surface area contributed by atoms with E-state index in [4.69, 9.17) is 19.8 Å². The second kappa shape index (κ2) is 9.39. The van der Waals surface area contributed by atoms with E-state index < -0.39 is 0 Å². The van der Waals surface area contributed by atoms with Gasteiger partial charge in [0, 0.05) is 45.5 Å². The van der Waals surface area contributed by atoms with E-state index >= 15 is 0 Å². The zero-order chi connectivity index (χ0) is 24.6. The van der Waals surface area contributed by atoms with Crippen LogP contribution < -0.4 is 9.91 Å². The van der Waals surface area contributed by atoms with Gasteiger partial charge in [0.1, 0.15) is 11.3 Å². The van der Waals surface area contributed by atoms with Crippen molar-refractivity contribution in [1.29, 1.82) is 0 Å². The number of anilines is 2. The lowest BCUT2D eigenvalue weighted by Crippen LogP contribution is -2.36. The van der Waals surface area contributed by atoms with Crippen LogP contribution in [0.5, 0.6) is 0 Å². The lowest BCUT2D eigenvalue weighted by molar-refractivity contribution is 0.123. The molecule has 6 rings (SSSR count). The van der Waals surface area contributed by atoms with E-state index in [0.717, 1.165) is 78.8 Å². The van der Waals surface area contributed by atoms with E-state index in [9.17, 15) is 0 Å². The van der Waals surface area contributed by atoms with Gasteiger partial charge in [-0.3, -0.25) is 4.68 Å². The molecule has 0 aliphatic carbocycles. The van der Waals surface area contributed by atoms with E-state index in [1.165, 1.54) is 11.1 Å². The summed E-state index contributed by atoms with van der Waals surface area (Å²) in [5.74, 6) is 1.75. The molecular weight excluding hydrogens is 452 g/mol. The first-order valence-corrected chi connectivity index (χ1v) is 12.8. The number of ether oxygens (including phenoxy) is 1. The molecule has 0 unspecified atom stereocenters. The molecular formula is C27H32N8O. The molecule has 9 heteroatoms. The molecule has 2 aliphatic heterocycles. The number of hydrogen-bond acceptors (Lipinski definition) is 7. The summed E-state index contributed by atoms with van der Waals surface area (Å²) >= 11 is 0. The van der Waals surface area contributed by atoms with Crippen LogP contribution in [-0.2, 0) is 18.3 Å². The highest BCUT2D eigenvalue weighted by atomic mass is 16.5. The van der Waals surface area contributed by atoms with Crippen molar-refractivity contribution in [3.05, 3.63) is 53.9 Å². The van der Waals surface area contributed by atoms with Gasteiger partial charge >= 0.3 is 0 Å². The number of aryl methyl sites for hydroxylation is 3. The van der Waals surface area contributed by atoms with Crippen molar-refractivity contribution in [3.8, 4) is 11.4 Å². The largest absolute Gasteiger partial charge is 0.378 e. The number of hydrazone groups is 1. The molecule has 1 saturated heterocycles. The number of benzene rings is 1. The average molecular weight is 485 g/mol.